The molecule has 0 unspecified atom stereocenters. The molecule has 0 aliphatic heterocycles. The van der Waals surface area contributed by atoms with E-state index in [-0.39, 0.29) is 0 Å². The van der Waals surface area contributed by atoms with E-state index in [2.05, 4.69) is 5.10 Å². The minimum atomic E-state index is -5.02. The number of halogens is 4. The van der Waals surface area contributed by atoms with Gasteiger partial charge in [-0.3, -0.25) is 19.6 Å². The molecule has 0 aliphatic rings. The number of nitro groups is 1. The van der Waals surface area contributed by atoms with Crippen LogP contribution in [-0.4, -0.2) is 31.3 Å². The van der Waals surface area contributed by atoms with Gasteiger partial charge in [0.15, 0.2) is 11.4 Å². The first-order valence-corrected chi connectivity index (χ1v) is 6.97. The summed E-state index contributed by atoms with van der Waals surface area (Å²) in [6.07, 6.45) is -3.26. The van der Waals surface area contributed by atoms with Crippen LogP contribution < -0.4 is 5.32 Å². The number of nitrogens with zero attached hydrogens (tertiary/aromatic N) is 3. The second-order valence-electron chi connectivity index (χ2n) is 5.57. The maximum absolute atomic E-state index is 12.9. The van der Waals surface area contributed by atoms with Crippen LogP contribution in [0.25, 0.3) is 0 Å². The quantitative estimate of drug-likeness (QED) is 0.473. The van der Waals surface area contributed by atoms with Crippen molar-refractivity contribution in [2.45, 2.75) is 25.2 Å². The van der Waals surface area contributed by atoms with Crippen molar-refractivity contribution in [2.24, 2.45) is 0 Å². The van der Waals surface area contributed by atoms with Gasteiger partial charge in [-0.2, -0.15) is 18.3 Å². The lowest BCUT2D eigenvalue weighted by Gasteiger charge is -2.22. The average Bonchev–Trinajstić information content (AvgIpc) is 2.90. The van der Waals surface area contributed by atoms with Gasteiger partial charge >= 0.3 is 6.18 Å². The Bertz CT molecular complexity index is 848. The largest absolute Gasteiger partial charge is 0.423 e. The molecule has 0 radical (unpaired) electrons. The standard InChI is InChI=1S/C14H12F4N4O4/c1-13(24,7-21-6-8(15)5-19-21)12(23)20-9-2-3-11(22(25)26)10(4-9)14(16,17)18/h2-6,24H,7H2,1H3,(H,20,23)/t13-/m0/s1. The maximum Gasteiger partial charge on any atom is 0.423 e. The topological polar surface area (TPSA) is 110 Å². The number of carbonyl (C=O) groups is 1. The number of nitro benzene ring substituents is 1. The lowest BCUT2D eigenvalue weighted by Crippen LogP contribution is -2.43. The van der Waals surface area contributed by atoms with Crippen molar-refractivity contribution in [3.63, 3.8) is 0 Å². The van der Waals surface area contributed by atoms with Crippen LogP contribution in [0.3, 0.4) is 0 Å². The molecule has 2 aromatic rings. The molecule has 1 aromatic heterocycles. The van der Waals surface area contributed by atoms with E-state index in [1.54, 1.807) is 0 Å². The summed E-state index contributed by atoms with van der Waals surface area (Å²) in [5, 5.41) is 26.4. The molecule has 0 saturated carbocycles. The van der Waals surface area contributed by atoms with Gasteiger partial charge in [0, 0.05) is 11.8 Å². The highest BCUT2D eigenvalue weighted by Gasteiger charge is 2.39. The molecule has 0 saturated heterocycles. The van der Waals surface area contributed by atoms with Gasteiger partial charge < -0.3 is 10.4 Å². The number of hydrogen-bond donors (Lipinski definition) is 2. The van der Waals surface area contributed by atoms with Crippen LogP contribution in [0.1, 0.15) is 12.5 Å². The minimum Gasteiger partial charge on any atom is -0.378 e. The number of alkyl halides is 3. The molecule has 2 rings (SSSR count). The fraction of sp³-hybridized carbons (Fsp3) is 0.286. The summed E-state index contributed by atoms with van der Waals surface area (Å²) in [6.45, 7) is 0.583. The van der Waals surface area contributed by atoms with Crippen molar-refractivity contribution in [3.8, 4) is 0 Å². The lowest BCUT2D eigenvalue weighted by atomic mass is 10.1. The molecule has 1 amide bonds. The number of aliphatic hydroxyl groups is 1. The first kappa shape index (κ1) is 19.3. The van der Waals surface area contributed by atoms with Crippen molar-refractivity contribution >= 4 is 17.3 Å². The predicted molar refractivity (Wildman–Crippen MR) is 79.5 cm³/mol. The zero-order chi connectivity index (χ0) is 19.7. The molecule has 0 spiro atoms. The van der Waals surface area contributed by atoms with Crippen molar-refractivity contribution in [1.82, 2.24) is 9.78 Å². The first-order chi connectivity index (χ1) is 11.9. The summed E-state index contributed by atoms with van der Waals surface area (Å²) in [7, 11) is 0. The molecule has 12 heteroatoms. The maximum atomic E-state index is 12.9. The van der Waals surface area contributed by atoms with Crippen LogP contribution >= 0.6 is 0 Å². The van der Waals surface area contributed by atoms with Crippen molar-refractivity contribution in [1.29, 1.82) is 0 Å². The Morgan fingerprint density at radius 1 is 1.42 bits per heavy atom. The van der Waals surface area contributed by atoms with Gasteiger partial charge in [-0.25, -0.2) is 4.39 Å². The van der Waals surface area contributed by atoms with Crippen molar-refractivity contribution in [3.05, 3.63) is 52.1 Å². The minimum absolute atomic E-state index is 0.389. The van der Waals surface area contributed by atoms with Gasteiger partial charge in [0.05, 0.1) is 23.9 Å². The number of nitrogens with one attached hydrogen (secondary N) is 1. The Kier molecular flexibility index (Phi) is 4.98. The molecular formula is C14H12F4N4O4. The summed E-state index contributed by atoms with van der Waals surface area (Å²) in [4.78, 5) is 21.6. The molecule has 0 bridgehead atoms. The van der Waals surface area contributed by atoms with E-state index in [0.717, 1.165) is 30.1 Å². The highest BCUT2D eigenvalue weighted by molar-refractivity contribution is 5.97. The Morgan fingerprint density at radius 3 is 2.58 bits per heavy atom. The molecule has 2 N–H and O–H groups in total. The highest BCUT2D eigenvalue weighted by atomic mass is 19.4. The smallest absolute Gasteiger partial charge is 0.378 e. The zero-order valence-electron chi connectivity index (χ0n) is 13.1. The molecule has 8 nitrogen and oxygen atoms in total. The zero-order valence-corrected chi connectivity index (χ0v) is 13.1. The van der Waals surface area contributed by atoms with E-state index < -0.39 is 51.9 Å². The summed E-state index contributed by atoms with van der Waals surface area (Å²) < 4.78 is 52.6. The number of rotatable bonds is 5. The van der Waals surface area contributed by atoms with Gasteiger partial charge in [0.2, 0.25) is 0 Å². The number of anilines is 1. The third-order valence-corrected chi connectivity index (χ3v) is 3.32. The van der Waals surface area contributed by atoms with Crippen LogP contribution in [0.15, 0.2) is 30.6 Å². The molecular weight excluding hydrogens is 364 g/mol. The molecule has 0 aliphatic carbocycles. The normalized spacial score (nSPS) is 13.9. The third kappa shape index (κ3) is 4.33. The van der Waals surface area contributed by atoms with Crippen LogP contribution in [0.5, 0.6) is 0 Å². The predicted octanol–water partition coefficient (Wildman–Crippen LogP) is 2.34. The molecule has 0 fully saturated rings. The van der Waals surface area contributed by atoms with E-state index in [4.69, 9.17) is 0 Å². The SMILES string of the molecule is C[C@](O)(Cn1cc(F)cn1)C(=O)Nc1ccc([N+](=O)[O-])c(C(F)(F)F)c1. The Hall–Kier alpha value is -3.02. The molecule has 1 atom stereocenters. The number of carbonyl (C=O) groups excluding carboxylic acids is 1. The van der Waals surface area contributed by atoms with E-state index >= 15 is 0 Å². The lowest BCUT2D eigenvalue weighted by molar-refractivity contribution is -0.388. The van der Waals surface area contributed by atoms with Gasteiger partial charge in [-0.05, 0) is 19.1 Å². The van der Waals surface area contributed by atoms with E-state index in [1.165, 1.54) is 0 Å². The Labute approximate surface area is 143 Å². The Morgan fingerprint density at radius 2 is 2.08 bits per heavy atom. The summed E-state index contributed by atoms with van der Waals surface area (Å²) in [5.74, 6) is -1.80. The summed E-state index contributed by atoms with van der Waals surface area (Å²) in [5.41, 5.74) is -5.26. The van der Waals surface area contributed by atoms with Crippen LogP contribution in [0.4, 0.5) is 28.9 Å². The van der Waals surface area contributed by atoms with Crippen LogP contribution in [-0.2, 0) is 17.5 Å². The molecule has 1 heterocycles. The second-order valence-corrected chi connectivity index (χ2v) is 5.57. The third-order valence-electron chi connectivity index (χ3n) is 3.32. The average molecular weight is 376 g/mol. The highest BCUT2D eigenvalue weighted by Crippen LogP contribution is 2.37. The number of hydrogen-bond acceptors (Lipinski definition) is 5. The monoisotopic (exact) mass is 376 g/mol. The second kappa shape index (κ2) is 6.71. The summed E-state index contributed by atoms with van der Waals surface area (Å²) in [6, 6.07) is 1.88. The van der Waals surface area contributed by atoms with Gasteiger partial charge in [0.1, 0.15) is 5.56 Å². The van der Waals surface area contributed by atoms with Crippen molar-refractivity contribution in [2.75, 3.05) is 5.32 Å². The van der Waals surface area contributed by atoms with E-state index in [1.807, 2.05) is 5.32 Å². The van der Waals surface area contributed by atoms with Crippen molar-refractivity contribution < 1.29 is 32.4 Å². The Balaban J connectivity index is 2.24. The molecule has 1 aromatic carbocycles. The van der Waals surface area contributed by atoms with Crippen LogP contribution in [0, 0.1) is 15.9 Å². The number of aromatic nitrogens is 2. The molecule has 140 valence electrons. The molecule has 26 heavy (non-hydrogen) atoms. The van der Waals surface area contributed by atoms with Gasteiger partial charge in [-0.1, -0.05) is 0 Å². The summed E-state index contributed by atoms with van der Waals surface area (Å²) >= 11 is 0. The fourth-order valence-electron chi connectivity index (χ4n) is 2.08. The van der Waals surface area contributed by atoms with E-state index in [0.29, 0.717) is 12.1 Å². The fourth-order valence-corrected chi connectivity index (χ4v) is 2.08. The van der Waals surface area contributed by atoms with E-state index in [9.17, 15) is 37.6 Å². The number of benzene rings is 1. The van der Waals surface area contributed by atoms with Gasteiger partial charge in [-0.15, -0.1) is 0 Å². The first-order valence-electron chi connectivity index (χ1n) is 6.97. The number of amides is 1. The van der Waals surface area contributed by atoms with Crippen LogP contribution in [0.2, 0.25) is 0 Å². The van der Waals surface area contributed by atoms with Gasteiger partial charge in [0.25, 0.3) is 11.6 Å².